The first-order valence-electron chi connectivity index (χ1n) is 7.95. The molecule has 0 amide bonds. The topological polar surface area (TPSA) is 32.3 Å². The largest absolute Gasteiger partial charge is 0.382 e. The minimum Gasteiger partial charge on any atom is -0.382 e. The predicted molar refractivity (Wildman–Crippen MR) is 93.6 cm³/mol. The van der Waals surface area contributed by atoms with Gasteiger partial charge in [0.25, 0.3) is 0 Å². The van der Waals surface area contributed by atoms with Crippen LogP contribution < -0.4 is 5.32 Å². The van der Waals surface area contributed by atoms with Crippen LogP contribution in [0.1, 0.15) is 22.6 Å². The first kappa shape index (κ1) is 14.0. The number of nitrogens with one attached hydrogen (secondary N) is 1. The van der Waals surface area contributed by atoms with E-state index >= 15 is 0 Å². The Bertz CT molecular complexity index is 800. The quantitative estimate of drug-likeness (QED) is 0.746. The van der Waals surface area contributed by atoms with Crippen molar-refractivity contribution in [1.82, 2.24) is 0 Å². The first-order valence-corrected chi connectivity index (χ1v) is 7.95. The maximum atomic E-state index is 11.6. The van der Waals surface area contributed by atoms with E-state index < -0.39 is 5.60 Å². The van der Waals surface area contributed by atoms with Crippen LogP contribution in [0.5, 0.6) is 0 Å². The fourth-order valence-electron chi connectivity index (χ4n) is 3.60. The van der Waals surface area contributed by atoms with Crippen molar-refractivity contribution in [2.24, 2.45) is 0 Å². The average molecular weight is 301 g/mol. The molecule has 2 N–H and O–H groups in total. The predicted octanol–water partition coefficient (Wildman–Crippen LogP) is 4.13. The molecule has 0 radical (unpaired) electrons. The normalized spacial score (nSPS) is 22.9. The second-order valence-corrected chi connectivity index (χ2v) is 6.07. The zero-order valence-electron chi connectivity index (χ0n) is 12.8. The Morgan fingerprint density at radius 2 is 1.39 bits per heavy atom. The Morgan fingerprint density at radius 3 is 2.13 bits per heavy atom. The summed E-state index contributed by atoms with van der Waals surface area (Å²) in [7, 11) is 0. The molecule has 3 aromatic carbocycles. The maximum Gasteiger partial charge on any atom is 0.118 e. The Morgan fingerprint density at radius 1 is 0.783 bits per heavy atom. The smallest absolute Gasteiger partial charge is 0.118 e. The number of para-hydroxylation sites is 1. The molecule has 0 unspecified atom stereocenters. The van der Waals surface area contributed by atoms with Crippen molar-refractivity contribution in [1.29, 1.82) is 0 Å². The number of anilines is 1. The molecular formula is C21H19NO. The van der Waals surface area contributed by atoms with Crippen molar-refractivity contribution >= 4 is 5.69 Å². The summed E-state index contributed by atoms with van der Waals surface area (Å²) in [5, 5.41) is 15.0. The molecule has 0 aliphatic carbocycles. The lowest BCUT2D eigenvalue weighted by atomic mass is 9.71. The van der Waals surface area contributed by atoms with Gasteiger partial charge in [0.15, 0.2) is 0 Å². The lowest BCUT2D eigenvalue weighted by molar-refractivity contribution is 0.0294. The monoisotopic (exact) mass is 301 g/mol. The molecule has 0 saturated heterocycles. The Balaban J connectivity index is 1.93. The SMILES string of the molecule is O[C@@]1(c2ccccc2)CNc2ccccc2[C@@H]1c1ccccc1. The fourth-order valence-corrected chi connectivity index (χ4v) is 3.60. The molecule has 0 spiro atoms. The highest BCUT2D eigenvalue weighted by Gasteiger charge is 2.43. The summed E-state index contributed by atoms with van der Waals surface area (Å²) in [4.78, 5) is 0. The first-order chi connectivity index (χ1) is 11.3. The standard InChI is InChI=1S/C21H19NO/c23-21(17-11-5-2-6-12-17)15-22-19-14-8-7-13-18(19)20(21)16-9-3-1-4-10-16/h1-14,20,22-23H,15H2/t20-,21+/m0/s1. The van der Waals surface area contributed by atoms with Gasteiger partial charge in [0.05, 0.1) is 0 Å². The van der Waals surface area contributed by atoms with Crippen molar-refractivity contribution in [3.63, 3.8) is 0 Å². The minimum atomic E-state index is -0.975. The molecule has 0 fully saturated rings. The van der Waals surface area contributed by atoms with Gasteiger partial charge < -0.3 is 10.4 Å². The van der Waals surface area contributed by atoms with Gasteiger partial charge in [-0.25, -0.2) is 0 Å². The van der Waals surface area contributed by atoms with Crippen LogP contribution in [0, 0.1) is 0 Å². The van der Waals surface area contributed by atoms with Gasteiger partial charge in [0.2, 0.25) is 0 Å². The van der Waals surface area contributed by atoms with Gasteiger partial charge in [-0.1, -0.05) is 78.9 Å². The highest BCUT2D eigenvalue weighted by atomic mass is 16.3. The van der Waals surface area contributed by atoms with Gasteiger partial charge in [-0.05, 0) is 22.8 Å². The van der Waals surface area contributed by atoms with E-state index in [9.17, 15) is 5.11 Å². The van der Waals surface area contributed by atoms with Crippen LogP contribution in [0.3, 0.4) is 0 Å². The molecule has 114 valence electrons. The molecule has 1 aliphatic heterocycles. The Hall–Kier alpha value is -2.58. The molecule has 0 bridgehead atoms. The van der Waals surface area contributed by atoms with Crippen molar-refractivity contribution < 1.29 is 5.11 Å². The third-order valence-electron chi connectivity index (χ3n) is 4.70. The summed E-state index contributed by atoms with van der Waals surface area (Å²) in [6.45, 7) is 0.494. The summed E-state index contributed by atoms with van der Waals surface area (Å²) in [6, 6.07) is 28.5. The van der Waals surface area contributed by atoms with E-state index in [2.05, 4.69) is 29.6 Å². The number of β-amino-alcohol motifs (C(OH)–C–C–N with tert-alkyl or cyclic N) is 1. The van der Waals surface area contributed by atoms with Crippen molar-refractivity contribution in [2.45, 2.75) is 11.5 Å². The van der Waals surface area contributed by atoms with Crippen molar-refractivity contribution in [2.75, 3.05) is 11.9 Å². The van der Waals surface area contributed by atoms with E-state index in [1.165, 1.54) is 0 Å². The number of aliphatic hydroxyl groups is 1. The summed E-state index contributed by atoms with van der Waals surface area (Å²) < 4.78 is 0. The van der Waals surface area contributed by atoms with E-state index in [0.717, 1.165) is 22.4 Å². The zero-order chi connectivity index (χ0) is 15.7. The molecule has 23 heavy (non-hydrogen) atoms. The maximum absolute atomic E-state index is 11.6. The van der Waals surface area contributed by atoms with Crippen LogP contribution in [0.4, 0.5) is 5.69 Å². The third kappa shape index (κ3) is 2.32. The summed E-state index contributed by atoms with van der Waals surface area (Å²) in [6.07, 6.45) is 0. The van der Waals surface area contributed by atoms with Crippen LogP contribution >= 0.6 is 0 Å². The number of hydrogen-bond donors (Lipinski definition) is 2. The zero-order valence-corrected chi connectivity index (χ0v) is 12.8. The molecule has 2 atom stereocenters. The van der Waals surface area contributed by atoms with E-state index in [1.54, 1.807) is 0 Å². The number of hydrogen-bond acceptors (Lipinski definition) is 2. The highest BCUT2D eigenvalue weighted by Crippen LogP contribution is 2.47. The lowest BCUT2D eigenvalue weighted by Gasteiger charge is -2.42. The minimum absolute atomic E-state index is 0.0939. The van der Waals surface area contributed by atoms with Gasteiger partial charge in [-0.15, -0.1) is 0 Å². The van der Waals surface area contributed by atoms with Crippen molar-refractivity contribution in [3.05, 3.63) is 102 Å². The molecule has 4 rings (SSSR count). The number of fused-ring (bicyclic) bond motifs is 1. The molecule has 0 saturated carbocycles. The molecule has 0 aromatic heterocycles. The van der Waals surface area contributed by atoms with E-state index in [1.807, 2.05) is 60.7 Å². The van der Waals surface area contributed by atoms with E-state index in [0.29, 0.717) is 6.54 Å². The molecule has 1 aliphatic rings. The summed E-state index contributed by atoms with van der Waals surface area (Å²) >= 11 is 0. The lowest BCUT2D eigenvalue weighted by Crippen LogP contribution is -2.44. The second kappa shape index (κ2) is 5.56. The van der Waals surface area contributed by atoms with E-state index in [-0.39, 0.29) is 5.92 Å². The Labute approximate surface area is 136 Å². The fraction of sp³-hybridized carbons (Fsp3) is 0.143. The van der Waals surface area contributed by atoms with Crippen molar-refractivity contribution in [3.8, 4) is 0 Å². The molecule has 1 heterocycles. The van der Waals surface area contributed by atoms with Crippen LogP contribution in [0.15, 0.2) is 84.9 Å². The molecular weight excluding hydrogens is 282 g/mol. The van der Waals surface area contributed by atoms with Gasteiger partial charge in [-0.2, -0.15) is 0 Å². The van der Waals surface area contributed by atoms with Gasteiger partial charge in [0, 0.05) is 18.2 Å². The summed E-state index contributed by atoms with van der Waals surface area (Å²) in [5.74, 6) is -0.0939. The Kier molecular flexibility index (Phi) is 3.40. The van der Waals surface area contributed by atoms with E-state index in [4.69, 9.17) is 0 Å². The molecule has 2 nitrogen and oxygen atoms in total. The van der Waals surface area contributed by atoms with Gasteiger partial charge >= 0.3 is 0 Å². The van der Waals surface area contributed by atoms with Crippen LogP contribution in [-0.2, 0) is 5.60 Å². The number of rotatable bonds is 2. The summed E-state index contributed by atoms with van der Waals surface area (Å²) in [5.41, 5.74) is 3.33. The van der Waals surface area contributed by atoms with Gasteiger partial charge in [0.1, 0.15) is 5.60 Å². The third-order valence-corrected chi connectivity index (χ3v) is 4.70. The van der Waals surface area contributed by atoms with Crippen LogP contribution in [0.2, 0.25) is 0 Å². The van der Waals surface area contributed by atoms with Crippen LogP contribution in [0.25, 0.3) is 0 Å². The van der Waals surface area contributed by atoms with Gasteiger partial charge in [-0.3, -0.25) is 0 Å². The molecule has 3 aromatic rings. The molecule has 2 heteroatoms. The number of benzene rings is 3. The average Bonchev–Trinajstić information content (AvgIpc) is 2.63. The van der Waals surface area contributed by atoms with Crippen LogP contribution in [-0.4, -0.2) is 11.7 Å². The highest BCUT2D eigenvalue weighted by molar-refractivity contribution is 5.60. The second-order valence-electron chi connectivity index (χ2n) is 6.07.